The first kappa shape index (κ1) is 26.0. The number of sulfonamides is 1. The third kappa shape index (κ3) is 5.19. The zero-order valence-electron chi connectivity index (χ0n) is 20.3. The minimum absolute atomic E-state index is 0.00497. The number of hydrogen-bond acceptors (Lipinski definition) is 5. The van der Waals surface area contributed by atoms with Crippen molar-refractivity contribution < 1.29 is 23.5 Å². The number of aryl methyl sites for hydroxylation is 1. The molecule has 0 spiro atoms. The van der Waals surface area contributed by atoms with Gasteiger partial charge >= 0.3 is 0 Å². The second-order valence-corrected chi connectivity index (χ2v) is 11.5. The zero-order chi connectivity index (χ0) is 26.9. The Morgan fingerprint density at radius 3 is 2.68 bits per heavy atom. The first-order chi connectivity index (χ1) is 18.3. The highest BCUT2D eigenvalue weighted by atomic mass is 35.5. The number of phenols is 1. The number of halogens is 1. The van der Waals surface area contributed by atoms with E-state index in [9.17, 15) is 18.3 Å². The highest BCUT2D eigenvalue weighted by Gasteiger charge is 2.36. The van der Waals surface area contributed by atoms with E-state index in [0.717, 1.165) is 33.2 Å². The maximum Gasteiger partial charge on any atom is 0.267 e. The van der Waals surface area contributed by atoms with Gasteiger partial charge in [0.25, 0.3) is 5.91 Å². The molecule has 38 heavy (non-hydrogen) atoms. The van der Waals surface area contributed by atoms with Crippen LogP contribution in [0.3, 0.4) is 0 Å². The van der Waals surface area contributed by atoms with Crippen LogP contribution in [0, 0.1) is 0 Å². The summed E-state index contributed by atoms with van der Waals surface area (Å²) in [7, 11) is -3.90. The van der Waals surface area contributed by atoms with E-state index in [0.29, 0.717) is 24.3 Å². The molecule has 196 valence electrons. The van der Waals surface area contributed by atoms with Crippen LogP contribution in [0.25, 0.3) is 17.0 Å². The number of aromatic hydroxyl groups is 1. The highest BCUT2D eigenvalue weighted by Crippen LogP contribution is 2.40. The van der Waals surface area contributed by atoms with Crippen molar-refractivity contribution >= 4 is 44.5 Å². The van der Waals surface area contributed by atoms with Crippen molar-refractivity contribution in [3.8, 4) is 5.75 Å². The summed E-state index contributed by atoms with van der Waals surface area (Å²) in [6, 6.07) is 16.5. The number of aromatic nitrogens is 1. The van der Waals surface area contributed by atoms with Crippen LogP contribution < -0.4 is 5.48 Å². The van der Waals surface area contributed by atoms with Gasteiger partial charge in [-0.25, -0.2) is 13.9 Å². The van der Waals surface area contributed by atoms with Gasteiger partial charge in [-0.05, 0) is 84.0 Å². The number of hydrogen-bond donors (Lipinski definition) is 4. The number of nitrogens with one attached hydrogen (secondary N) is 2. The van der Waals surface area contributed by atoms with Gasteiger partial charge in [0.2, 0.25) is 10.0 Å². The van der Waals surface area contributed by atoms with Gasteiger partial charge in [0.1, 0.15) is 5.75 Å². The van der Waals surface area contributed by atoms with E-state index >= 15 is 0 Å². The van der Waals surface area contributed by atoms with Gasteiger partial charge < -0.3 is 10.1 Å². The van der Waals surface area contributed by atoms with Gasteiger partial charge in [-0.3, -0.25) is 10.0 Å². The predicted octanol–water partition coefficient (Wildman–Crippen LogP) is 4.97. The van der Waals surface area contributed by atoms with Crippen molar-refractivity contribution in [3.63, 3.8) is 0 Å². The smallest absolute Gasteiger partial charge is 0.267 e. The molecule has 0 saturated heterocycles. The van der Waals surface area contributed by atoms with E-state index in [2.05, 4.69) is 4.98 Å². The van der Waals surface area contributed by atoms with Crippen LogP contribution in [0.1, 0.15) is 34.7 Å². The van der Waals surface area contributed by atoms with Gasteiger partial charge in [0, 0.05) is 34.7 Å². The number of carbonyl (C=O) groups is 1. The number of benzene rings is 3. The number of amides is 1. The van der Waals surface area contributed by atoms with E-state index in [-0.39, 0.29) is 23.2 Å². The highest BCUT2D eigenvalue weighted by molar-refractivity contribution is 7.89. The Morgan fingerprint density at radius 2 is 1.92 bits per heavy atom. The Bertz CT molecular complexity index is 1630. The van der Waals surface area contributed by atoms with Crippen LogP contribution in [-0.4, -0.2) is 40.5 Å². The number of hydroxylamine groups is 1. The maximum atomic E-state index is 13.9. The fourth-order valence-corrected chi connectivity index (χ4v) is 6.83. The molecule has 0 saturated carbocycles. The van der Waals surface area contributed by atoms with E-state index in [1.165, 1.54) is 30.3 Å². The van der Waals surface area contributed by atoms with Gasteiger partial charge in [-0.15, -0.1) is 0 Å². The molecule has 1 aliphatic rings. The first-order valence-electron chi connectivity index (χ1n) is 12.1. The molecule has 1 unspecified atom stereocenters. The van der Waals surface area contributed by atoms with Gasteiger partial charge in [-0.1, -0.05) is 35.9 Å². The van der Waals surface area contributed by atoms with E-state index in [1.807, 2.05) is 42.6 Å². The normalized spacial score (nSPS) is 15.4. The summed E-state index contributed by atoms with van der Waals surface area (Å²) in [5, 5.41) is 20.0. The minimum atomic E-state index is -3.90. The summed E-state index contributed by atoms with van der Waals surface area (Å²) in [6.07, 6.45) is 6.48. The summed E-state index contributed by atoms with van der Waals surface area (Å²) in [4.78, 5) is 14.7. The number of phenolic OH excluding ortho intramolecular Hbond substituents is 1. The molecular weight excluding hydrogens is 526 g/mol. The molecule has 4 aromatic rings. The van der Waals surface area contributed by atoms with Crippen LogP contribution in [0.2, 0.25) is 5.02 Å². The number of nitrogens with zero attached hydrogens (tertiary/aromatic N) is 1. The number of aromatic amines is 1. The molecule has 1 amide bonds. The molecule has 4 N–H and O–H groups in total. The van der Waals surface area contributed by atoms with Crippen LogP contribution in [0.15, 0.2) is 77.8 Å². The van der Waals surface area contributed by atoms with Crippen LogP contribution >= 0.6 is 11.6 Å². The summed E-state index contributed by atoms with van der Waals surface area (Å²) in [5.41, 5.74) is 6.14. The molecule has 10 heteroatoms. The van der Waals surface area contributed by atoms with Crippen molar-refractivity contribution in [1.82, 2.24) is 14.8 Å². The van der Waals surface area contributed by atoms with Crippen LogP contribution in [0.4, 0.5) is 0 Å². The number of fused-ring (bicyclic) bond motifs is 2. The van der Waals surface area contributed by atoms with Crippen molar-refractivity contribution in [3.05, 3.63) is 100 Å². The molecule has 1 aromatic heterocycles. The largest absolute Gasteiger partial charge is 0.508 e. The molecule has 3 aromatic carbocycles. The molecule has 0 bridgehead atoms. The van der Waals surface area contributed by atoms with E-state index < -0.39 is 15.9 Å². The van der Waals surface area contributed by atoms with Crippen LogP contribution in [-0.2, 0) is 27.7 Å². The second-order valence-electron chi connectivity index (χ2n) is 9.19. The predicted molar refractivity (Wildman–Crippen MR) is 145 cm³/mol. The first-order valence-corrected chi connectivity index (χ1v) is 13.9. The van der Waals surface area contributed by atoms with Gasteiger partial charge in [0.15, 0.2) is 0 Å². The number of H-pyrrole nitrogens is 1. The maximum absolute atomic E-state index is 13.9. The lowest BCUT2D eigenvalue weighted by Crippen LogP contribution is -2.35. The monoisotopic (exact) mass is 551 g/mol. The fourth-order valence-electron chi connectivity index (χ4n) is 5.02. The van der Waals surface area contributed by atoms with Crippen molar-refractivity contribution in [2.24, 2.45) is 0 Å². The standard InChI is InChI=1S/C28H26ClN3O5S/c29-21-4-10-24-20(17-30-26(24)16-21)13-14-32(38(36,37)23-7-5-22(33)6-8-23)27-11-3-19-15-18(1-9-25(19)27)2-12-28(34)31-35/h1-2,4-10,12,15-17,27,30,33,35H,3,11,13-14H2,(H,31,34)/b12-2+. The minimum Gasteiger partial charge on any atom is -0.508 e. The molecule has 1 aliphatic carbocycles. The van der Waals surface area contributed by atoms with Crippen LogP contribution in [0.5, 0.6) is 5.75 Å². The average Bonchev–Trinajstić information content (AvgIpc) is 3.51. The number of carbonyl (C=O) groups excluding carboxylic acids is 1. The summed E-state index contributed by atoms with van der Waals surface area (Å²) >= 11 is 6.12. The second kappa shape index (κ2) is 10.6. The molecule has 0 aliphatic heterocycles. The molecule has 0 radical (unpaired) electrons. The Kier molecular flexibility index (Phi) is 7.27. The van der Waals surface area contributed by atoms with Gasteiger partial charge in [-0.2, -0.15) is 4.31 Å². The zero-order valence-corrected chi connectivity index (χ0v) is 21.8. The lowest BCUT2D eigenvalue weighted by Gasteiger charge is -2.29. The Labute approximate surface area is 225 Å². The third-order valence-electron chi connectivity index (χ3n) is 6.87. The van der Waals surface area contributed by atoms with Crippen molar-refractivity contribution in [2.75, 3.05) is 6.54 Å². The van der Waals surface area contributed by atoms with E-state index in [4.69, 9.17) is 16.8 Å². The molecular formula is C28H26ClN3O5S. The van der Waals surface area contributed by atoms with Gasteiger partial charge in [0.05, 0.1) is 10.9 Å². The number of rotatable bonds is 8. The fraction of sp³-hybridized carbons (Fsp3) is 0.179. The SMILES string of the molecule is O=C(/C=C/c1ccc2c(c1)CCC2N(CCc1c[nH]c2cc(Cl)ccc12)S(=O)(=O)c1ccc(O)cc1)NO. The Hall–Kier alpha value is -3.63. The van der Waals surface area contributed by atoms with Crippen molar-refractivity contribution in [1.29, 1.82) is 0 Å². The summed E-state index contributed by atoms with van der Waals surface area (Å²) in [6.45, 7) is 0.251. The quantitative estimate of drug-likeness (QED) is 0.140. The van der Waals surface area contributed by atoms with Crippen molar-refractivity contribution in [2.45, 2.75) is 30.2 Å². The molecule has 1 atom stereocenters. The molecule has 8 nitrogen and oxygen atoms in total. The summed E-state index contributed by atoms with van der Waals surface area (Å²) < 4.78 is 29.4. The Morgan fingerprint density at radius 1 is 1.13 bits per heavy atom. The topological polar surface area (TPSA) is 123 Å². The molecule has 1 heterocycles. The third-order valence-corrected chi connectivity index (χ3v) is 9.03. The Balaban J connectivity index is 1.49. The molecule has 0 fully saturated rings. The van der Waals surface area contributed by atoms with E-state index in [1.54, 1.807) is 15.9 Å². The summed E-state index contributed by atoms with van der Waals surface area (Å²) in [5.74, 6) is -0.635. The molecule has 5 rings (SSSR count). The lowest BCUT2D eigenvalue weighted by molar-refractivity contribution is -0.124. The lowest BCUT2D eigenvalue weighted by atomic mass is 10.0. The average molecular weight is 552 g/mol.